The molecule has 1 N–H and O–H groups in total. The van der Waals surface area contributed by atoms with Gasteiger partial charge in [-0.15, -0.1) is 0 Å². The number of piperazine rings is 1. The Morgan fingerprint density at radius 2 is 2.11 bits per heavy atom. The Balaban J connectivity index is 1.78. The number of hydrogen-bond donors (Lipinski definition) is 1. The average Bonchev–Trinajstić information content (AvgIpc) is 2.77. The van der Waals surface area contributed by atoms with Gasteiger partial charge in [0.1, 0.15) is 0 Å². The summed E-state index contributed by atoms with van der Waals surface area (Å²) < 4.78 is 0. The molecule has 1 atom stereocenters. The van der Waals surface area contributed by atoms with E-state index < -0.39 is 0 Å². The monoisotopic (exact) mass is 279 g/mol. The molecule has 19 heavy (non-hydrogen) atoms. The Morgan fingerprint density at radius 3 is 2.84 bits per heavy atom. The van der Waals surface area contributed by atoms with Gasteiger partial charge in [0.05, 0.1) is 0 Å². The number of hydrogen-bond acceptors (Lipinski definition) is 3. The van der Waals surface area contributed by atoms with Crippen molar-refractivity contribution in [3.05, 3.63) is 28.8 Å². The minimum Gasteiger partial charge on any atom is -0.371 e. The molecular weight excluding hydrogens is 258 g/mol. The predicted octanol–water partition coefficient (Wildman–Crippen LogP) is 2.17. The number of anilines is 1. The highest BCUT2D eigenvalue weighted by molar-refractivity contribution is 6.30. The van der Waals surface area contributed by atoms with Crippen LogP contribution < -0.4 is 10.2 Å². The summed E-state index contributed by atoms with van der Waals surface area (Å²) in [5, 5.41) is 4.28. The minimum atomic E-state index is 0.603. The van der Waals surface area contributed by atoms with Crippen LogP contribution in [0.25, 0.3) is 0 Å². The highest BCUT2D eigenvalue weighted by atomic mass is 35.5. The Labute approximate surface area is 120 Å². The summed E-state index contributed by atoms with van der Waals surface area (Å²) in [5.41, 5.74) is 2.82. The topological polar surface area (TPSA) is 18.5 Å². The van der Waals surface area contributed by atoms with Gasteiger partial charge >= 0.3 is 0 Å². The Bertz CT molecular complexity index is 443. The van der Waals surface area contributed by atoms with Gasteiger partial charge in [0.25, 0.3) is 0 Å². The number of fused-ring (bicyclic) bond motifs is 1. The lowest BCUT2D eigenvalue weighted by molar-refractivity contribution is 0.229. The molecular formula is C15H22ClN3. The SMILES string of the molecule is CCN1CC(CN2CCNCC2)c2cc(Cl)ccc21. The maximum atomic E-state index is 6.18. The van der Waals surface area contributed by atoms with Crippen LogP contribution in [0.5, 0.6) is 0 Å². The molecule has 0 aliphatic carbocycles. The third-order valence-corrected chi connectivity index (χ3v) is 4.52. The lowest BCUT2D eigenvalue weighted by Crippen LogP contribution is -2.45. The van der Waals surface area contributed by atoms with Gasteiger partial charge in [-0.05, 0) is 30.7 Å². The zero-order chi connectivity index (χ0) is 13.2. The summed E-state index contributed by atoms with van der Waals surface area (Å²) in [6, 6.07) is 6.36. The van der Waals surface area contributed by atoms with Crippen LogP contribution in [-0.4, -0.2) is 50.7 Å². The van der Waals surface area contributed by atoms with E-state index in [2.05, 4.69) is 34.2 Å². The molecule has 0 spiro atoms. The minimum absolute atomic E-state index is 0.603. The first-order valence-corrected chi connectivity index (χ1v) is 7.63. The summed E-state index contributed by atoms with van der Waals surface area (Å²) in [6.45, 7) is 10.2. The summed E-state index contributed by atoms with van der Waals surface area (Å²) in [4.78, 5) is 5.05. The summed E-state index contributed by atoms with van der Waals surface area (Å²) >= 11 is 6.18. The zero-order valence-corrected chi connectivity index (χ0v) is 12.3. The second-order valence-corrected chi connectivity index (χ2v) is 5.93. The first-order chi connectivity index (χ1) is 9.28. The molecule has 0 saturated carbocycles. The molecule has 104 valence electrons. The Morgan fingerprint density at radius 1 is 1.32 bits per heavy atom. The van der Waals surface area contributed by atoms with E-state index in [1.54, 1.807) is 0 Å². The molecule has 3 nitrogen and oxygen atoms in total. The van der Waals surface area contributed by atoms with Gasteiger partial charge in [-0.2, -0.15) is 0 Å². The van der Waals surface area contributed by atoms with E-state index >= 15 is 0 Å². The Kier molecular flexibility index (Phi) is 3.96. The molecule has 1 aromatic carbocycles. The molecule has 0 radical (unpaired) electrons. The number of nitrogens with one attached hydrogen (secondary N) is 1. The maximum Gasteiger partial charge on any atom is 0.0410 e. The summed E-state index contributed by atoms with van der Waals surface area (Å²) in [7, 11) is 0. The zero-order valence-electron chi connectivity index (χ0n) is 11.5. The maximum absolute atomic E-state index is 6.18. The molecule has 4 heteroatoms. The quantitative estimate of drug-likeness (QED) is 0.915. The third-order valence-electron chi connectivity index (χ3n) is 4.28. The molecule has 2 aliphatic rings. The van der Waals surface area contributed by atoms with Crippen molar-refractivity contribution in [3.8, 4) is 0 Å². The van der Waals surface area contributed by atoms with Crippen molar-refractivity contribution in [3.63, 3.8) is 0 Å². The Hall–Kier alpha value is -0.770. The second-order valence-electron chi connectivity index (χ2n) is 5.49. The van der Waals surface area contributed by atoms with Crippen molar-refractivity contribution in [1.82, 2.24) is 10.2 Å². The number of rotatable bonds is 3. The van der Waals surface area contributed by atoms with Crippen molar-refractivity contribution in [2.45, 2.75) is 12.8 Å². The van der Waals surface area contributed by atoms with Crippen LogP contribution in [0.3, 0.4) is 0 Å². The van der Waals surface area contributed by atoms with E-state index in [1.807, 2.05) is 6.07 Å². The van der Waals surface area contributed by atoms with Crippen LogP contribution in [0, 0.1) is 0 Å². The van der Waals surface area contributed by atoms with Gasteiger partial charge in [-0.1, -0.05) is 11.6 Å². The molecule has 3 rings (SSSR count). The molecule has 2 heterocycles. The largest absolute Gasteiger partial charge is 0.371 e. The summed E-state index contributed by atoms with van der Waals surface area (Å²) in [5.74, 6) is 0.603. The second kappa shape index (κ2) is 5.70. The molecule has 0 amide bonds. The van der Waals surface area contributed by atoms with Crippen LogP contribution in [0.2, 0.25) is 5.02 Å². The van der Waals surface area contributed by atoms with Crippen LogP contribution in [0.15, 0.2) is 18.2 Å². The van der Waals surface area contributed by atoms with Crippen LogP contribution in [0.4, 0.5) is 5.69 Å². The fourth-order valence-corrected chi connectivity index (χ4v) is 3.44. The molecule has 0 aromatic heterocycles. The highest BCUT2D eigenvalue weighted by Gasteiger charge is 2.29. The van der Waals surface area contributed by atoms with E-state index in [0.717, 1.165) is 37.7 Å². The first-order valence-electron chi connectivity index (χ1n) is 7.25. The fraction of sp³-hybridized carbons (Fsp3) is 0.600. The molecule has 2 aliphatic heterocycles. The van der Waals surface area contributed by atoms with E-state index in [-0.39, 0.29) is 0 Å². The smallest absolute Gasteiger partial charge is 0.0410 e. The van der Waals surface area contributed by atoms with Crippen LogP contribution in [-0.2, 0) is 0 Å². The van der Waals surface area contributed by atoms with E-state index in [9.17, 15) is 0 Å². The highest BCUT2D eigenvalue weighted by Crippen LogP contribution is 2.38. The van der Waals surface area contributed by atoms with E-state index in [1.165, 1.54) is 24.3 Å². The van der Waals surface area contributed by atoms with Crippen LogP contribution in [0.1, 0.15) is 18.4 Å². The number of nitrogens with zero attached hydrogens (tertiary/aromatic N) is 2. The predicted molar refractivity (Wildman–Crippen MR) is 81.4 cm³/mol. The van der Waals surface area contributed by atoms with Gasteiger partial charge in [-0.3, -0.25) is 0 Å². The van der Waals surface area contributed by atoms with E-state index in [4.69, 9.17) is 11.6 Å². The van der Waals surface area contributed by atoms with Crippen molar-refractivity contribution < 1.29 is 0 Å². The van der Waals surface area contributed by atoms with Crippen molar-refractivity contribution >= 4 is 17.3 Å². The van der Waals surface area contributed by atoms with Crippen molar-refractivity contribution in [2.24, 2.45) is 0 Å². The lowest BCUT2D eigenvalue weighted by atomic mass is 10.0. The lowest BCUT2D eigenvalue weighted by Gasteiger charge is -2.29. The van der Waals surface area contributed by atoms with Gasteiger partial charge in [0.2, 0.25) is 0 Å². The first kappa shape index (κ1) is 13.2. The number of likely N-dealkylation sites (N-methyl/N-ethyl adjacent to an activating group) is 1. The third kappa shape index (κ3) is 2.73. The van der Waals surface area contributed by atoms with Crippen LogP contribution >= 0.6 is 11.6 Å². The van der Waals surface area contributed by atoms with Gasteiger partial charge < -0.3 is 15.1 Å². The average molecular weight is 280 g/mol. The summed E-state index contributed by atoms with van der Waals surface area (Å²) in [6.07, 6.45) is 0. The molecule has 1 saturated heterocycles. The standard InChI is InChI=1S/C15H22ClN3/c1-2-19-11-12(10-18-7-5-17-6-8-18)14-9-13(16)3-4-15(14)19/h3-4,9,12,17H,2,5-8,10-11H2,1H3. The molecule has 0 bridgehead atoms. The number of benzene rings is 1. The molecule has 1 fully saturated rings. The number of halogens is 1. The van der Waals surface area contributed by atoms with Crippen molar-refractivity contribution in [2.75, 3.05) is 50.7 Å². The molecule has 1 unspecified atom stereocenters. The van der Waals surface area contributed by atoms with Crippen molar-refractivity contribution in [1.29, 1.82) is 0 Å². The molecule has 1 aromatic rings. The van der Waals surface area contributed by atoms with E-state index in [0.29, 0.717) is 5.92 Å². The normalized spacial score (nSPS) is 23.7. The van der Waals surface area contributed by atoms with Gasteiger partial charge in [-0.25, -0.2) is 0 Å². The van der Waals surface area contributed by atoms with Gasteiger partial charge in [0, 0.05) is 62.4 Å². The fourth-order valence-electron chi connectivity index (χ4n) is 3.26. The van der Waals surface area contributed by atoms with Gasteiger partial charge in [0.15, 0.2) is 0 Å².